The fraction of sp³-hybridized carbons (Fsp3) is 0.278. The monoisotopic (exact) mass is 297 g/mol. The van der Waals surface area contributed by atoms with Crippen LogP contribution >= 0.6 is 11.8 Å². The van der Waals surface area contributed by atoms with E-state index in [4.69, 9.17) is 0 Å². The molecule has 1 fully saturated rings. The van der Waals surface area contributed by atoms with E-state index in [0.29, 0.717) is 0 Å². The van der Waals surface area contributed by atoms with Crippen molar-refractivity contribution in [1.29, 1.82) is 0 Å². The minimum atomic E-state index is 0.0472. The predicted molar refractivity (Wildman–Crippen MR) is 88.1 cm³/mol. The molecule has 0 unspecified atom stereocenters. The Morgan fingerprint density at radius 1 is 1.00 bits per heavy atom. The fourth-order valence-corrected chi connectivity index (χ4v) is 3.98. The van der Waals surface area contributed by atoms with Gasteiger partial charge < -0.3 is 4.90 Å². The van der Waals surface area contributed by atoms with Gasteiger partial charge in [0.15, 0.2) is 0 Å². The zero-order valence-electron chi connectivity index (χ0n) is 12.1. The van der Waals surface area contributed by atoms with Crippen LogP contribution in [0, 0.1) is 0 Å². The van der Waals surface area contributed by atoms with Crippen LogP contribution in [-0.2, 0) is 11.2 Å². The highest BCUT2D eigenvalue weighted by Crippen LogP contribution is 2.42. The summed E-state index contributed by atoms with van der Waals surface area (Å²) in [5.41, 5.74) is 2.50. The third-order valence-corrected chi connectivity index (χ3v) is 5.21. The van der Waals surface area contributed by atoms with E-state index in [-0.39, 0.29) is 16.5 Å². The van der Waals surface area contributed by atoms with E-state index in [1.54, 1.807) is 11.8 Å². The third-order valence-electron chi connectivity index (χ3n) is 3.82. The first-order valence-electron chi connectivity index (χ1n) is 7.30. The van der Waals surface area contributed by atoms with E-state index < -0.39 is 0 Å². The van der Waals surface area contributed by atoms with Gasteiger partial charge in [-0.3, -0.25) is 4.79 Å². The number of benzene rings is 2. The summed E-state index contributed by atoms with van der Waals surface area (Å²) in [4.78, 5) is 14.4. The average molecular weight is 297 g/mol. The molecule has 1 saturated heterocycles. The first-order chi connectivity index (χ1) is 10.3. The molecule has 0 saturated carbocycles. The molecule has 21 heavy (non-hydrogen) atoms. The van der Waals surface area contributed by atoms with Crippen LogP contribution in [0.25, 0.3) is 0 Å². The van der Waals surface area contributed by atoms with Crippen LogP contribution < -0.4 is 0 Å². The zero-order chi connectivity index (χ0) is 14.7. The second-order valence-corrected chi connectivity index (χ2v) is 6.73. The quantitative estimate of drug-likeness (QED) is 0.853. The van der Waals surface area contributed by atoms with Gasteiger partial charge in [-0.1, -0.05) is 60.7 Å². The molecule has 108 valence electrons. The molecule has 0 aromatic heterocycles. The van der Waals surface area contributed by atoms with Crippen molar-refractivity contribution >= 4 is 17.7 Å². The average Bonchev–Trinajstić information content (AvgIpc) is 2.82. The maximum Gasteiger partial charge on any atom is 0.236 e. The molecule has 0 bridgehead atoms. The molecule has 0 spiro atoms. The van der Waals surface area contributed by atoms with Crippen molar-refractivity contribution in [3.63, 3.8) is 0 Å². The largest absolute Gasteiger partial charge is 0.325 e. The summed E-state index contributed by atoms with van der Waals surface area (Å²) in [6.45, 7) is 2.78. The molecule has 1 heterocycles. The van der Waals surface area contributed by atoms with Gasteiger partial charge in [0.2, 0.25) is 5.91 Å². The number of hydrogen-bond acceptors (Lipinski definition) is 2. The van der Waals surface area contributed by atoms with Gasteiger partial charge in [0, 0.05) is 6.54 Å². The number of nitrogens with zero attached hydrogens (tertiary/aromatic N) is 1. The van der Waals surface area contributed by atoms with Crippen molar-refractivity contribution in [3.05, 3.63) is 71.8 Å². The molecule has 0 radical (unpaired) electrons. The van der Waals surface area contributed by atoms with Crippen LogP contribution in [0.5, 0.6) is 0 Å². The van der Waals surface area contributed by atoms with Crippen molar-refractivity contribution in [3.8, 4) is 0 Å². The van der Waals surface area contributed by atoms with Gasteiger partial charge in [0.05, 0.1) is 5.25 Å². The maximum atomic E-state index is 12.4. The van der Waals surface area contributed by atoms with Crippen molar-refractivity contribution in [2.24, 2.45) is 0 Å². The Balaban J connectivity index is 1.75. The minimum absolute atomic E-state index is 0.0472. The van der Waals surface area contributed by atoms with Gasteiger partial charge in [-0.25, -0.2) is 0 Å². The Morgan fingerprint density at radius 2 is 1.62 bits per heavy atom. The minimum Gasteiger partial charge on any atom is -0.325 e. The smallest absolute Gasteiger partial charge is 0.236 e. The molecule has 0 N–H and O–H groups in total. The van der Waals surface area contributed by atoms with Gasteiger partial charge in [0.1, 0.15) is 5.37 Å². The van der Waals surface area contributed by atoms with Crippen LogP contribution in [0.1, 0.15) is 23.4 Å². The first kappa shape index (κ1) is 14.2. The molecule has 1 aliphatic rings. The molecule has 2 aromatic rings. The molecular formula is C18H19NOS. The lowest BCUT2D eigenvalue weighted by molar-refractivity contribution is -0.129. The Kier molecular flexibility index (Phi) is 4.30. The molecule has 1 amide bonds. The Morgan fingerprint density at radius 3 is 2.29 bits per heavy atom. The Hall–Kier alpha value is -1.74. The van der Waals surface area contributed by atoms with Gasteiger partial charge in [-0.2, -0.15) is 0 Å². The molecule has 3 rings (SSSR count). The maximum absolute atomic E-state index is 12.4. The molecular weight excluding hydrogens is 278 g/mol. The number of rotatable bonds is 4. The van der Waals surface area contributed by atoms with Gasteiger partial charge in [-0.05, 0) is 24.5 Å². The van der Waals surface area contributed by atoms with E-state index in [0.717, 1.165) is 13.0 Å². The van der Waals surface area contributed by atoms with Crippen LogP contribution in [-0.4, -0.2) is 22.6 Å². The third kappa shape index (κ3) is 3.13. The number of amides is 1. The van der Waals surface area contributed by atoms with E-state index in [9.17, 15) is 4.79 Å². The van der Waals surface area contributed by atoms with Crippen LogP contribution in [0.3, 0.4) is 0 Å². The zero-order valence-corrected chi connectivity index (χ0v) is 12.9. The van der Waals surface area contributed by atoms with E-state index in [1.807, 2.05) is 48.2 Å². The van der Waals surface area contributed by atoms with Gasteiger partial charge >= 0.3 is 0 Å². The molecule has 2 nitrogen and oxygen atoms in total. The number of carbonyl (C=O) groups excluding carboxylic acids is 1. The van der Waals surface area contributed by atoms with Gasteiger partial charge in [-0.15, -0.1) is 11.8 Å². The normalized spacial score (nSPS) is 21.8. The van der Waals surface area contributed by atoms with Crippen molar-refractivity contribution in [2.45, 2.75) is 24.0 Å². The van der Waals surface area contributed by atoms with Crippen molar-refractivity contribution in [2.75, 3.05) is 6.54 Å². The second-order valence-electron chi connectivity index (χ2n) is 5.31. The topological polar surface area (TPSA) is 20.3 Å². The lowest BCUT2D eigenvalue weighted by Crippen LogP contribution is -2.32. The molecule has 3 heteroatoms. The van der Waals surface area contributed by atoms with E-state index >= 15 is 0 Å². The summed E-state index contributed by atoms with van der Waals surface area (Å²) in [6, 6.07) is 20.7. The molecule has 0 aliphatic carbocycles. The number of thioether (sulfide) groups is 1. The van der Waals surface area contributed by atoms with E-state index in [1.165, 1.54) is 11.1 Å². The number of carbonyl (C=O) groups is 1. The fourth-order valence-electron chi connectivity index (χ4n) is 2.67. The van der Waals surface area contributed by atoms with E-state index in [2.05, 4.69) is 24.3 Å². The first-order valence-corrected chi connectivity index (χ1v) is 8.25. The lowest BCUT2D eigenvalue weighted by Gasteiger charge is -2.24. The summed E-state index contributed by atoms with van der Waals surface area (Å²) in [5, 5.41) is 0.198. The van der Waals surface area contributed by atoms with Crippen molar-refractivity contribution < 1.29 is 4.79 Å². The van der Waals surface area contributed by atoms with Crippen molar-refractivity contribution in [1.82, 2.24) is 4.90 Å². The summed E-state index contributed by atoms with van der Waals surface area (Å²) >= 11 is 1.75. The predicted octanol–water partition coefficient (Wildman–Crippen LogP) is 3.89. The summed E-state index contributed by atoms with van der Waals surface area (Å²) in [5.74, 6) is 0.254. The lowest BCUT2D eigenvalue weighted by atomic mass is 10.1. The summed E-state index contributed by atoms with van der Waals surface area (Å²) in [7, 11) is 0. The van der Waals surface area contributed by atoms with Crippen LogP contribution in [0.4, 0.5) is 0 Å². The molecule has 1 aliphatic heterocycles. The highest BCUT2D eigenvalue weighted by Gasteiger charge is 2.37. The highest BCUT2D eigenvalue weighted by atomic mass is 32.2. The molecule has 2 atom stereocenters. The standard InChI is InChI=1S/C18H19NOS/c1-14-17(20)19(13-12-15-8-4-2-5-9-15)18(21-14)16-10-6-3-7-11-16/h2-11,14,18H,12-13H2,1H3/t14-,18+/m0/s1. The number of hydrogen-bond donors (Lipinski definition) is 0. The summed E-state index contributed by atoms with van der Waals surface area (Å²) in [6.07, 6.45) is 0.906. The van der Waals surface area contributed by atoms with Crippen LogP contribution in [0.2, 0.25) is 0 Å². The highest BCUT2D eigenvalue weighted by molar-refractivity contribution is 8.01. The SMILES string of the molecule is C[C@@H]1S[C@H](c2ccccc2)N(CCc2ccccc2)C1=O. The Labute approximate surface area is 130 Å². The van der Waals surface area contributed by atoms with Crippen LogP contribution in [0.15, 0.2) is 60.7 Å². The molecule has 2 aromatic carbocycles. The Bertz CT molecular complexity index is 599. The summed E-state index contributed by atoms with van der Waals surface area (Å²) < 4.78 is 0. The second kappa shape index (κ2) is 6.35. The van der Waals surface area contributed by atoms with Gasteiger partial charge in [0.25, 0.3) is 0 Å².